The van der Waals surface area contributed by atoms with Gasteiger partial charge >= 0.3 is 5.97 Å². The summed E-state index contributed by atoms with van der Waals surface area (Å²) in [6, 6.07) is 15.1. The lowest BCUT2D eigenvalue weighted by atomic mass is 10.0. The molecule has 0 unspecified atom stereocenters. The van der Waals surface area contributed by atoms with Crippen molar-refractivity contribution in [2.45, 2.75) is 32.4 Å². The largest absolute Gasteiger partial charge is 0.464 e. The van der Waals surface area contributed by atoms with E-state index in [2.05, 4.69) is 11.9 Å². The number of likely N-dealkylation sites (N-methyl/N-ethyl adjacent to an activating group) is 1. The average molecular weight is 431 g/mol. The van der Waals surface area contributed by atoms with Crippen molar-refractivity contribution in [3.63, 3.8) is 0 Å². The molecule has 0 saturated carbocycles. The fourth-order valence-corrected chi connectivity index (χ4v) is 3.72. The number of rotatable bonds is 8. The molecule has 3 aromatic rings. The molecule has 0 radical (unpaired) electrons. The van der Waals surface area contributed by atoms with Crippen LogP contribution in [0.4, 0.5) is 0 Å². The highest BCUT2D eigenvalue weighted by Crippen LogP contribution is 2.30. The Hall–Kier alpha value is -2.14. The van der Waals surface area contributed by atoms with Crippen LogP contribution in [0.5, 0.6) is 0 Å². The van der Waals surface area contributed by atoms with Gasteiger partial charge in [-0.2, -0.15) is 0 Å². The Morgan fingerprint density at radius 1 is 1.14 bits per heavy atom. The zero-order valence-electron chi connectivity index (χ0n) is 16.6. The third-order valence-electron chi connectivity index (χ3n) is 4.81. The topological polar surface area (TPSA) is 42.4 Å². The first-order valence-electron chi connectivity index (χ1n) is 9.65. The molecule has 1 aromatic heterocycles. The van der Waals surface area contributed by atoms with Gasteiger partial charge in [0.25, 0.3) is 0 Å². The van der Waals surface area contributed by atoms with Gasteiger partial charge in [0.05, 0.1) is 11.6 Å². The lowest BCUT2D eigenvalue weighted by Gasteiger charge is -2.27. The molecule has 0 spiro atoms. The summed E-state index contributed by atoms with van der Waals surface area (Å²) in [6.45, 7) is 3.05. The second-order valence-electron chi connectivity index (χ2n) is 7.03. The van der Waals surface area contributed by atoms with Crippen LogP contribution in [0, 0.1) is 0 Å². The summed E-state index contributed by atoms with van der Waals surface area (Å²) in [7, 11) is 1.92. The zero-order valence-corrected chi connectivity index (χ0v) is 18.1. The Morgan fingerprint density at radius 3 is 2.62 bits per heavy atom. The second-order valence-corrected chi connectivity index (χ2v) is 7.79. The summed E-state index contributed by atoms with van der Waals surface area (Å²) >= 11 is 12.5. The van der Waals surface area contributed by atoms with Crippen molar-refractivity contribution in [1.82, 2.24) is 9.88 Å². The first-order valence-corrected chi connectivity index (χ1v) is 10.4. The first kappa shape index (κ1) is 21.6. The molecule has 29 heavy (non-hydrogen) atoms. The van der Waals surface area contributed by atoms with Gasteiger partial charge in [0.1, 0.15) is 11.2 Å². The predicted molar refractivity (Wildman–Crippen MR) is 118 cm³/mol. The third kappa shape index (κ3) is 5.27. The number of aromatic nitrogens is 1. The molecule has 0 saturated heterocycles. The monoisotopic (exact) mass is 430 g/mol. The van der Waals surface area contributed by atoms with Crippen molar-refractivity contribution in [1.29, 1.82) is 0 Å². The van der Waals surface area contributed by atoms with Gasteiger partial charge in [-0.05, 0) is 30.7 Å². The number of ether oxygens (including phenoxy) is 1. The summed E-state index contributed by atoms with van der Waals surface area (Å²) in [5.41, 5.74) is 1.91. The number of esters is 1. The predicted octanol–water partition coefficient (Wildman–Crippen LogP) is 6.06. The number of pyridine rings is 1. The van der Waals surface area contributed by atoms with Gasteiger partial charge in [0, 0.05) is 23.5 Å². The first-order chi connectivity index (χ1) is 14.0. The summed E-state index contributed by atoms with van der Waals surface area (Å²) in [4.78, 5) is 19.0. The SMILES string of the molecule is CCCCOC(=O)[C@H](c1ccccc1)N(C)Cc1ccc2c(Cl)cnc(Cl)c2c1. The quantitative estimate of drug-likeness (QED) is 0.247. The maximum Gasteiger partial charge on any atom is 0.328 e. The molecule has 2 aromatic carbocycles. The van der Waals surface area contributed by atoms with Crippen molar-refractivity contribution >= 4 is 39.9 Å². The highest BCUT2D eigenvalue weighted by molar-refractivity contribution is 6.39. The molecule has 0 amide bonds. The van der Waals surface area contributed by atoms with Crippen molar-refractivity contribution in [3.8, 4) is 0 Å². The lowest BCUT2D eigenvalue weighted by Crippen LogP contribution is -2.32. The highest BCUT2D eigenvalue weighted by atomic mass is 35.5. The number of nitrogens with zero attached hydrogens (tertiary/aromatic N) is 2. The van der Waals surface area contributed by atoms with Gasteiger partial charge in [0.15, 0.2) is 0 Å². The number of carbonyl (C=O) groups is 1. The van der Waals surface area contributed by atoms with E-state index in [1.807, 2.05) is 60.5 Å². The van der Waals surface area contributed by atoms with Crippen LogP contribution in [0.15, 0.2) is 54.7 Å². The van der Waals surface area contributed by atoms with E-state index in [4.69, 9.17) is 27.9 Å². The Labute approximate surface area is 181 Å². The molecule has 1 heterocycles. The van der Waals surface area contributed by atoms with E-state index < -0.39 is 6.04 Å². The lowest BCUT2D eigenvalue weighted by molar-refractivity contribution is -0.150. The van der Waals surface area contributed by atoms with Crippen molar-refractivity contribution in [2.24, 2.45) is 0 Å². The number of halogens is 2. The Kier molecular flexibility index (Phi) is 7.48. The molecule has 1 atom stereocenters. The van der Waals surface area contributed by atoms with E-state index in [1.54, 1.807) is 6.20 Å². The molecule has 0 N–H and O–H groups in total. The third-order valence-corrected chi connectivity index (χ3v) is 5.41. The van der Waals surface area contributed by atoms with E-state index in [9.17, 15) is 4.79 Å². The van der Waals surface area contributed by atoms with E-state index in [0.717, 1.165) is 34.7 Å². The molecule has 0 fully saturated rings. The Balaban J connectivity index is 1.86. The maximum atomic E-state index is 12.8. The van der Waals surface area contributed by atoms with E-state index in [0.29, 0.717) is 23.3 Å². The van der Waals surface area contributed by atoms with Crippen LogP contribution in [-0.4, -0.2) is 29.5 Å². The zero-order chi connectivity index (χ0) is 20.8. The fourth-order valence-electron chi connectivity index (χ4n) is 3.30. The van der Waals surface area contributed by atoms with Crippen LogP contribution in [-0.2, 0) is 16.1 Å². The summed E-state index contributed by atoms with van der Waals surface area (Å²) in [5.74, 6) is -0.240. The normalized spacial score (nSPS) is 12.3. The standard InChI is InChI=1S/C23H24Cl2N2O2/c1-3-4-12-29-23(28)21(17-8-6-5-7-9-17)27(2)15-16-10-11-18-19(13-16)22(25)26-14-20(18)24/h5-11,13-14,21H,3-4,12,15H2,1-2H3/t21-/m0/s1. The van der Waals surface area contributed by atoms with Gasteiger partial charge in [0.2, 0.25) is 0 Å². The molecule has 0 aliphatic carbocycles. The Bertz CT molecular complexity index is 979. The van der Waals surface area contributed by atoms with Crippen LogP contribution in [0.2, 0.25) is 10.2 Å². The molecule has 152 valence electrons. The van der Waals surface area contributed by atoms with Crippen molar-refractivity contribution in [3.05, 3.63) is 76.0 Å². The number of hydrogen-bond acceptors (Lipinski definition) is 4. The van der Waals surface area contributed by atoms with Crippen LogP contribution >= 0.6 is 23.2 Å². The average Bonchev–Trinajstić information content (AvgIpc) is 2.72. The minimum absolute atomic E-state index is 0.240. The molecule has 0 aliphatic rings. The van der Waals surface area contributed by atoms with E-state index >= 15 is 0 Å². The minimum atomic E-state index is -0.489. The number of benzene rings is 2. The number of carbonyl (C=O) groups excluding carboxylic acids is 1. The molecule has 4 nitrogen and oxygen atoms in total. The molecular weight excluding hydrogens is 407 g/mol. The molecule has 0 aliphatic heterocycles. The maximum absolute atomic E-state index is 12.8. The van der Waals surface area contributed by atoms with Crippen LogP contribution in [0.1, 0.15) is 36.9 Å². The van der Waals surface area contributed by atoms with Gasteiger partial charge in [-0.15, -0.1) is 0 Å². The van der Waals surface area contributed by atoms with Crippen LogP contribution in [0.25, 0.3) is 10.8 Å². The van der Waals surface area contributed by atoms with Gasteiger partial charge < -0.3 is 4.74 Å². The van der Waals surface area contributed by atoms with Gasteiger partial charge in [-0.25, -0.2) is 9.78 Å². The number of fused-ring (bicyclic) bond motifs is 1. The molecule has 0 bridgehead atoms. The Morgan fingerprint density at radius 2 is 1.90 bits per heavy atom. The highest BCUT2D eigenvalue weighted by Gasteiger charge is 2.26. The number of unbranched alkanes of at least 4 members (excludes halogenated alkanes) is 1. The molecule has 6 heteroatoms. The number of hydrogen-bond donors (Lipinski definition) is 0. The fraction of sp³-hybridized carbons (Fsp3) is 0.304. The summed E-state index contributed by atoms with van der Waals surface area (Å²) in [5, 5.41) is 2.63. The molecule has 3 rings (SSSR count). The smallest absolute Gasteiger partial charge is 0.328 e. The summed E-state index contributed by atoms with van der Waals surface area (Å²) in [6.07, 6.45) is 3.39. The van der Waals surface area contributed by atoms with Gasteiger partial charge in [-0.1, -0.05) is 79.0 Å². The van der Waals surface area contributed by atoms with Crippen molar-refractivity contribution in [2.75, 3.05) is 13.7 Å². The second kappa shape index (κ2) is 10.1. The summed E-state index contributed by atoms with van der Waals surface area (Å²) < 4.78 is 5.53. The van der Waals surface area contributed by atoms with E-state index in [1.165, 1.54) is 0 Å². The van der Waals surface area contributed by atoms with Crippen LogP contribution in [0.3, 0.4) is 0 Å². The molecular formula is C23H24Cl2N2O2. The van der Waals surface area contributed by atoms with E-state index in [-0.39, 0.29) is 5.97 Å². The van der Waals surface area contributed by atoms with Crippen LogP contribution < -0.4 is 0 Å². The van der Waals surface area contributed by atoms with Gasteiger partial charge in [-0.3, -0.25) is 4.90 Å². The minimum Gasteiger partial charge on any atom is -0.464 e. The van der Waals surface area contributed by atoms with Crippen molar-refractivity contribution < 1.29 is 9.53 Å².